The van der Waals surface area contributed by atoms with Crippen LogP contribution in [0.15, 0.2) is 22.7 Å². The van der Waals surface area contributed by atoms with E-state index in [0.29, 0.717) is 28.0 Å². The molecule has 2 N–H and O–H groups in total. The molecule has 0 saturated heterocycles. The van der Waals surface area contributed by atoms with E-state index in [9.17, 15) is 0 Å². The Kier molecular flexibility index (Phi) is 4.39. The zero-order chi connectivity index (χ0) is 13.8. The quantitative estimate of drug-likeness (QED) is 0.850. The van der Waals surface area contributed by atoms with E-state index in [1.807, 2.05) is 0 Å². The van der Waals surface area contributed by atoms with Crippen molar-refractivity contribution in [2.24, 2.45) is 0 Å². The molecule has 1 unspecified atom stereocenters. The maximum Gasteiger partial charge on any atom is 0.260 e. The molecule has 0 amide bonds. The topological polar surface area (TPSA) is 74.2 Å². The molecule has 19 heavy (non-hydrogen) atoms. The molecule has 1 aromatic carbocycles. The third-order valence-electron chi connectivity index (χ3n) is 2.85. The first-order valence-corrected chi connectivity index (χ1v) is 6.46. The van der Waals surface area contributed by atoms with Gasteiger partial charge in [-0.1, -0.05) is 36.2 Å². The van der Waals surface area contributed by atoms with Gasteiger partial charge in [-0.05, 0) is 18.6 Å². The number of benzene rings is 1. The first kappa shape index (κ1) is 13.8. The second kappa shape index (κ2) is 6.04. The van der Waals surface area contributed by atoms with E-state index >= 15 is 0 Å². The molecular weight excluding hydrogens is 266 g/mol. The molecular formula is C13H16ClN3O2. The van der Waals surface area contributed by atoms with Gasteiger partial charge >= 0.3 is 0 Å². The van der Waals surface area contributed by atoms with Gasteiger partial charge in [-0.15, -0.1) is 0 Å². The van der Waals surface area contributed by atoms with E-state index in [4.69, 9.17) is 26.6 Å². The molecule has 0 fully saturated rings. The average molecular weight is 282 g/mol. The van der Waals surface area contributed by atoms with E-state index in [2.05, 4.69) is 17.1 Å². The summed E-state index contributed by atoms with van der Waals surface area (Å²) in [4.78, 5) is 4.33. The second-order valence-electron chi connectivity index (χ2n) is 4.17. The van der Waals surface area contributed by atoms with Crippen molar-refractivity contribution < 1.29 is 9.26 Å². The van der Waals surface area contributed by atoms with Gasteiger partial charge in [-0.2, -0.15) is 4.98 Å². The molecule has 2 aromatic rings. The maximum absolute atomic E-state index is 5.97. The zero-order valence-corrected chi connectivity index (χ0v) is 11.6. The summed E-state index contributed by atoms with van der Waals surface area (Å²) in [6.45, 7) is 2.07. The predicted molar refractivity (Wildman–Crippen MR) is 73.8 cm³/mol. The van der Waals surface area contributed by atoms with Gasteiger partial charge < -0.3 is 15.0 Å². The van der Waals surface area contributed by atoms with Gasteiger partial charge in [-0.25, -0.2) is 0 Å². The summed E-state index contributed by atoms with van der Waals surface area (Å²) in [7, 11) is 1.63. The van der Waals surface area contributed by atoms with Crippen LogP contribution < -0.4 is 5.73 Å². The summed E-state index contributed by atoms with van der Waals surface area (Å²) in [6.07, 6.45) is 1.64. The molecule has 0 aliphatic heterocycles. The summed E-state index contributed by atoms with van der Waals surface area (Å²) in [5.41, 5.74) is 6.97. The normalized spacial score (nSPS) is 12.6. The molecule has 5 nitrogen and oxygen atoms in total. The number of nitrogens with zero attached hydrogens (tertiary/aromatic N) is 2. The molecule has 102 valence electrons. The fourth-order valence-electron chi connectivity index (χ4n) is 1.81. The number of aromatic nitrogens is 2. The van der Waals surface area contributed by atoms with Crippen LogP contribution in [0.4, 0.5) is 5.69 Å². The first-order valence-electron chi connectivity index (χ1n) is 6.08. The lowest BCUT2D eigenvalue weighted by molar-refractivity contribution is 0.0854. The van der Waals surface area contributed by atoms with Gasteiger partial charge in [0.1, 0.15) is 6.10 Å². The largest absolute Gasteiger partial charge is 0.397 e. The molecule has 2 rings (SSSR count). The van der Waals surface area contributed by atoms with E-state index in [1.165, 1.54) is 0 Å². The minimum Gasteiger partial charge on any atom is -0.397 e. The molecule has 0 saturated carbocycles. The van der Waals surface area contributed by atoms with Crippen LogP contribution in [0.2, 0.25) is 5.02 Å². The van der Waals surface area contributed by atoms with Crippen LogP contribution in [0.25, 0.3) is 11.5 Å². The van der Waals surface area contributed by atoms with Crippen molar-refractivity contribution in [3.8, 4) is 11.5 Å². The van der Waals surface area contributed by atoms with E-state index in [-0.39, 0.29) is 6.10 Å². The molecule has 0 radical (unpaired) electrons. The van der Waals surface area contributed by atoms with Gasteiger partial charge in [0.05, 0.1) is 16.3 Å². The summed E-state index contributed by atoms with van der Waals surface area (Å²) in [6, 6.07) is 5.30. The molecule has 0 bridgehead atoms. The fourth-order valence-corrected chi connectivity index (χ4v) is 1.99. The number of methoxy groups -OCH3 is 1. The third kappa shape index (κ3) is 2.88. The molecule has 0 spiro atoms. The van der Waals surface area contributed by atoms with Gasteiger partial charge in [0.15, 0.2) is 0 Å². The Bertz CT molecular complexity index is 557. The van der Waals surface area contributed by atoms with E-state index < -0.39 is 0 Å². The van der Waals surface area contributed by atoms with Crippen molar-refractivity contribution in [3.05, 3.63) is 29.0 Å². The molecule has 0 aliphatic carbocycles. The Morgan fingerprint density at radius 1 is 1.47 bits per heavy atom. The highest BCUT2D eigenvalue weighted by Crippen LogP contribution is 2.31. The summed E-state index contributed by atoms with van der Waals surface area (Å²) >= 11 is 5.97. The molecule has 1 atom stereocenters. The van der Waals surface area contributed by atoms with Crippen molar-refractivity contribution >= 4 is 17.3 Å². The summed E-state index contributed by atoms with van der Waals surface area (Å²) in [5, 5.41) is 4.41. The Balaban J connectivity index is 2.32. The number of ether oxygens (including phenoxy) is 1. The smallest absolute Gasteiger partial charge is 0.260 e. The maximum atomic E-state index is 5.97. The predicted octanol–water partition coefficient (Wildman–Crippen LogP) is 3.46. The average Bonchev–Trinajstić information content (AvgIpc) is 2.88. The van der Waals surface area contributed by atoms with Crippen LogP contribution in [0.5, 0.6) is 0 Å². The molecule has 6 heteroatoms. The molecule has 0 aliphatic rings. The second-order valence-corrected chi connectivity index (χ2v) is 4.58. The number of para-hydroxylation sites is 1. The van der Waals surface area contributed by atoms with Crippen LogP contribution in [0.1, 0.15) is 31.7 Å². The van der Waals surface area contributed by atoms with E-state index in [1.54, 1.807) is 25.3 Å². The van der Waals surface area contributed by atoms with Crippen molar-refractivity contribution in [2.75, 3.05) is 12.8 Å². The lowest BCUT2D eigenvalue weighted by atomic mass is 10.1. The summed E-state index contributed by atoms with van der Waals surface area (Å²) < 4.78 is 10.6. The van der Waals surface area contributed by atoms with E-state index in [0.717, 1.165) is 12.8 Å². The number of halogens is 1. The van der Waals surface area contributed by atoms with Crippen LogP contribution in [-0.2, 0) is 4.74 Å². The van der Waals surface area contributed by atoms with Crippen molar-refractivity contribution in [1.82, 2.24) is 10.1 Å². The van der Waals surface area contributed by atoms with Gasteiger partial charge in [0.25, 0.3) is 5.89 Å². The van der Waals surface area contributed by atoms with Gasteiger partial charge in [-0.3, -0.25) is 0 Å². The van der Waals surface area contributed by atoms with Gasteiger partial charge in [0.2, 0.25) is 5.82 Å². The third-order valence-corrected chi connectivity index (χ3v) is 3.18. The number of hydrogen-bond donors (Lipinski definition) is 1. The van der Waals surface area contributed by atoms with Crippen molar-refractivity contribution in [3.63, 3.8) is 0 Å². The van der Waals surface area contributed by atoms with Crippen LogP contribution in [-0.4, -0.2) is 17.3 Å². The van der Waals surface area contributed by atoms with Crippen molar-refractivity contribution in [2.45, 2.75) is 25.9 Å². The Morgan fingerprint density at radius 3 is 2.95 bits per heavy atom. The highest BCUT2D eigenvalue weighted by Gasteiger charge is 2.19. The number of rotatable bonds is 5. The fraction of sp³-hybridized carbons (Fsp3) is 0.385. The van der Waals surface area contributed by atoms with Crippen LogP contribution >= 0.6 is 11.6 Å². The van der Waals surface area contributed by atoms with Crippen molar-refractivity contribution in [1.29, 1.82) is 0 Å². The minimum atomic E-state index is -0.164. The SMILES string of the molecule is CCCC(OC)c1noc(-c2cccc(Cl)c2N)n1. The van der Waals surface area contributed by atoms with Crippen LogP contribution in [0, 0.1) is 0 Å². The lowest BCUT2D eigenvalue weighted by Gasteiger charge is -2.08. The Hall–Kier alpha value is -1.59. The number of nitrogens with two attached hydrogens (primary N) is 1. The lowest BCUT2D eigenvalue weighted by Crippen LogP contribution is -2.03. The summed E-state index contributed by atoms with van der Waals surface area (Å²) in [5.74, 6) is 0.881. The Labute approximate surface area is 116 Å². The first-order chi connectivity index (χ1) is 9.17. The minimum absolute atomic E-state index is 0.164. The molecule has 1 heterocycles. The molecule has 1 aromatic heterocycles. The number of nitrogen functional groups attached to an aromatic ring is 1. The Morgan fingerprint density at radius 2 is 2.26 bits per heavy atom. The zero-order valence-electron chi connectivity index (χ0n) is 10.9. The number of anilines is 1. The van der Waals surface area contributed by atoms with Gasteiger partial charge in [0, 0.05) is 7.11 Å². The number of hydrogen-bond acceptors (Lipinski definition) is 5. The highest BCUT2D eigenvalue weighted by molar-refractivity contribution is 6.33. The van der Waals surface area contributed by atoms with Crippen LogP contribution in [0.3, 0.4) is 0 Å². The monoisotopic (exact) mass is 281 g/mol. The highest BCUT2D eigenvalue weighted by atomic mass is 35.5. The standard InChI is InChI=1S/C13H16ClN3O2/c1-3-5-10(18-2)12-16-13(19-17-12)8-6-4-7-9(14)11(8)15/h4,6-7,10H,3,5,15H2,1-2H3.